The highest BCUT2D eigenvalue weighted by Gasteiger charge is 2.12. The van der Waals surface area contributed by atoms with Gasteiger partial charge in [-0.25, -0.2) is 0 Å². The number of hydrogen-bond donors (Lipinski definition) is 0. The number of esters is 1. The number of rotatable bonds is 5. The monoisotopic (exact) mass is 276 g/mol. The molecular formula is C9H9ClN2O2S2. The van der Waals surface area contributed by atoms with Gasteiger partial charge in [-0.3, -0.25) is 4.79 Å². The van der Waals surface area contributed by atoms with Crippen molar-refractivity contribution in [3.8, 4) is 6.07 Å². The standard InChI is InChI=1S/C9H9ClN2O2S2/c1-14-7(13)3-2-4-15-9-6(5-11)8(10)12-16-9/h2-4H2,1H3. The van der Waals surface area contributed by atoms with Gasteiger partial charge in [-0.15, -0.1) is 11.8 Å². The van der Waals surface area contributed by atoms with E-state index < -0.39 is 0 Å². The van der Waals surface area contributed by atoms with Crippen molar-refractivity contribution in [1.29, 1.82) is 5.26 Å². The maximum Gasteiger partial charge on any atom is 0.305 e. The summed E-state index contributed by atoms with van der Waals surface area (Å²) < 4.78 is 9.21. The molecule has 7 heteroatoms. The number of hydrogen-bond acceptors (Lipinski definition) is 6. The van der Waals surface area contributed by atoms with Crippen molar-refractivity contribution >= 4 is 40.9 Å². The molecule has 4 nitrogen and oxygen atoms in total. The molecule has 1 aromatic rings. The number of nitrogens with zero attached hydrogens (tertiary/aromatic N) is 2. The van der Waals surface area contributed by atoms with Gasteiger partial charge in [0.15, 0.2) is 5.15 Å². The van der Waals surface area contributed by atoms with Gasteiger partial charge in [0.2, 0.25) is 0 Å². The number of carbonyl (C=O) groups excluding carboxylic acids is 1. The number of aromatic nitrogens is 1. The minimum atomic E-state index is -0.219. The number of halogens is 1. The van der Waals surface area contributed by atoms with Gasteiger partial charge in [-0.2, -0.15) is 9.64 Å². The van der Waals surface area contributed by atoms with Gasteiger partial charge >= 0.3 is 5.97 Å². The lowest BCUT2D eigenvalue weighted by Crippen LogP contribution is -1.99. The Balaban J connectivity index is 2.38. The molecule has 0 fully saturated rings. The highest BCUT2D eigenvalue weighted by molar-refractivity contribution is 8.01. The lowest BCUT2D eigenvalue weighted by molar-refractivity contribution is -0.140. The number of thioether (sulfide) groups is 1. The zero-order valence-corrected chi connectivity index (χ0v) is 10.9. The van der Waals surface area contributed by atoms with Crippen LogP contribution >= 0.6 is 34.9 Å². The van der Waals surface area contributed by atoms with Crippen LogP contribution < -0.4 is 0 Å². The minimum Gasteiger partial charge on any atom is -0.469 e. The summed E-state index contributed by atoms with van der Waals surface area (Å²) in [5.74, 6) is 0.519. The molecule has 0 aliphatic carbocycles. The van der Waals surface area contributed by atoms with Crippen LogP contribution in [0.3, 0.4) is 0 Å². The maximum atomic E-state index is 10.8. The molecule has 1 heterocycles. The normalized spacial score (nSPS) is 9.81. The van der Waals surface area contributed by atoms with Crippen LogP contribution in [0, 0.1) is 11.3 Å². The van der Waals surface area contributed by atoms with Gasteiger partial charge in [-0.05, 0) is 23.7 Å². The molecule has 0 N–H and O–H groups in total. The van der Waals surface area contributed by atoms with Crippen molar-refractivity contribution in [1.82, 2.24) is 4.37 Å². The molecule has 0 bridgehead atoms. The molecule has 0 aromatic carbocycles. The molecule has 86 valence electrons. The third kappa shape index (κ3) is 3.67. The lowest BCUT2D eigenvalue weighted by Gasteiger charge is -1.98. The van der Waals surface area contributed by atoms with E-state index in [1.54, 1.807) is 0 Å². The van der Waals surface area contributed by atoms with Crippen LogP contribution in [-0.2, 0) is 9.53 Å². The number of ether oxygens (including phenoxy) is 1. The van der Waals surface area contributed by atoms with Crippen LogP contribution in [0.2, 0.25) is 5.15 Å². The molecule has 0 spiro atoms. The summed E-state index contributed by atoms with van der Waals surface area (Å²) in [6.45, 7) is 0. The van der Waals surface area contributed by atoms with Gasteiger partial charge in [0, 0.05) is 6.42 Å². The average Bonchev–Trinajstić information content (AvgIpc) is 2.65. The highest BCUT2D eigenvalue weighted by atomic mass is 35.5. The third-order valence-electron chi connectivity index (χ3n) is 1.72. The summed E-state index contributed by atoms with van der Waals surface area (Å²) in [7, 11) is 1.37. The zero-order valence-electron chi connectivity index (χ0n) is 8.53. The quantitative estimate of drug-likeness (QED) is 0.470. The fraction of sp³-hybridized carbons (Fsp3) is 0.444. The fourth-order valence-electron chi connectivity index (χ4n) is 0.931. The minimum absolute atomic E-state index is 0.219. The second kappa shape index (κ2) is 6.74. The van der Waals surface area contributed by atoms with Gasteiger partial charge in [0.1, 0.15) is 15.8 Å². The number of nitriles is 1. The van der Waals surface area contributed by atoms with Crippen molar-refractivity contribution in [2.24, 2.45) is 0 Å². The van der Waals surface area contributed by atoms with Crippen LogP contribution in [0.5, 0.6) is 0 Å². The topological polar surface area (TPSA) is 63.0 Å². The van der Waals surface area contributed by atoms with E-state index in [4.69, 9.17) is 16.9 Å². The van der Waals surface area contributed by atoms with E-state index in [1.165, 1.54) is 30.4 Å². The van der Waals surface area contributed by atoms with Crippen molar-refractivity contribution < 1.29 is 9.53 Å². The van der Waals surface area contributed by atoms with Crippen LogP contribution in [0.15, 0.2) is 4.21 Å². The predicted octanol–water partition coefficient (Wildman–Crippen LogP) is 2.71. The van der Waals surface area contributed by atoms with Crippen molar-refractivity contribution in [2.45, 2.75) is 17.1 Å². The Hall–Kier alpha value is -0.770. The molecule has 0 saturated heterocycles. The van der Waals surface area contributed by atoms with Crippen molar-refractivity contribution in [3.63, 3.8) is 0 Å². The first-order valence-corrected chi connectivity index (χ1v) is 6.57. The Bertz CT molecular complexity index is 414. The molecule has 0 radical (unpaired) electrons. The zero-order chi connectivity index (χ0) is 12.0. The van der Waals surface area contributed by atoms with Crippen molar-refractivity contribution in [2.75, 3.05) is 12.9 Å². The molecular weight excluding hydrogens is 268 g/mol. The summed E-state index contributed by atoms with van der Waals surface area (Å²) in [6, 6.07) is 2.01. The highest BCUT2D eigenvalue weighted by Crippen LogP contribution is 2.32. The van der Waals surface area contributed by atoms with Crippen molar-refractivity contribution in [3.05, 3.63) is 10.7 Å². The molecule has 0 saturated carbocycles. The smallest absolute Gasteiger partial charge is 0.305 e. The average molecular weight is 277 g/mol. The van der Waals surface area contributed by atoms with Crippen LogP contribution in [0.25, 0.3) is 0 Å². The largest absolute Gasteiger partial charge is 0.469 e. The SMILES string of the molecule is COC(=O)CCCSc1snc(Cl)c1C#N. The van der Waals surface area contributed by atoms with Crippen LogP contribution in [0.1, 0.15) is 18.4 Å². The fourth-order valence-corrected chi connectivity index (χ4v) is 3.10. The molecule has 0 aliphatic rings. The van der Waals surface area contributed by atoms with E-state index in [9.17, 15) is 4.79 Å². The third-order valence-corrected chi connectivity index (χ3v) is 4.27. The van der Waals surface area contributed by atoms with E-state index in [0.29, 0.717) is 18.4 Å². The van der Waals surface area contributed by atoms with Crippen LogP contribution in [-0.4, -0.2) is 23.2 Å². The van der Waals surface area contributed by atoms with E-state index >= 15 is 0 Å². The predicted molar refractivity (Wildman–Crippen MR) is 63.8 cm³/mol. The second-order valence-corrected chi connectivity index (χ2v) is 5.27. The second-order valence-electron chi connectivity index (χ2n) is 2.78. The lowest BCUT2D eigenvalue weighted by atomic mass is 10.3. The van der Waals surface area contributed by atoms with Gasteiger partial charge in [0.05, 0.1) is 7.11 Å². The Morgan fingerprint density at radius 2 is 2.50 bits per heavy atom. The summed E-state index contributed by atoms with van der Waals surface area (Å²) in [4.78, 5) is 10.8. The summed E-state index contributed by atoms with van der Waals surface area (Å²) in [5, 5.41) is 9.07. The summed E-state index contributed by atoms with van der Waals surface area (Å²) in [6.07, 6.45) is 1.09. The van der Waals surface area contributed by atoms with Crippen LogP contribution in [0.4, 0.5) is 0 Å². The van der Waals surface area contributed by atoms with E-state index in [-0.39, 0.29) is 11.1 Å². The first-order chi connectivity index (χ1) is 7.69. The van der Waals surface area contributed by atoms with E-state index in [2.05, 4.69) is 9.11 Å². The molecule has 0 aliphatic heterocycles. The molecule has 16 heavy (non-hydrogen) atoms. The number of carbonyl (C=O) groups is 1. The van der Waals surface area contributed by atoms with E-state index in [1.807, 2.05) is 6.07 Å². The Labute approximate surface area is 107 Å². The number of methoxy groups -OCH3 is 1. The summed E-state index contributed by atoms with van der Waals surface area (Å²) >= 11 is 8.41. The molecule has 0 atom stereocenters. The first kappa shape index (κ1) is 13.3. The van der Waals surface area contributed by atoms with Gasteiger partial charge < -0.3 is 4.74 Å². The van der Waals surface area contributed by atoms with E-state index in [0.717, 1.165) is 9.96 Å². The van der Waals surface area contributed by atoms with Gasteiger partial charge in [0.25, 0.3) is 0 Å². The van der Waals surface area contributed by atoms with Gasteiger partial charge in [-0.1, -0.05) is 11.6 Å². The molecule has 1 rings (SSSR count). The Morgan fingerprint density at radius 3 is 3.12 bits per heavy atom. The summed E-state index contributed by atoms with van der Waals surface area (Å²) in [5.41, 5.74) is 0.426. The molecule has 0 amide bonds. The molecule has 1 aromatic heterocycles. The Kier molecular flexibility index (Phi) is 5.60. The molecule has 0 unspecified atom stereocenters. The first-order valence-electron chi connectivity index (χ1n) is 4.44. The maximum absolute atomic E-state index is 10.8. The Morgan fingerprint density at radius 1 is 1.75 bits per heavy atom.